The molecule has 0 unspecified atom stereocenters. The van der Waals surface area contributed by atoms with E-state index < -0.39 is 0 Å². The van der Waals surface area contributed by atoms with Crippen LogP contribution in [0.3, 0.4) is 0 Å². The Bertz CT molecular complexity index is 687. The summed E-state index contributed by atoms with van der Waals surface area (Å²) >= 11 is 0. The Hall–Kier alpha value is -1.96. The Labute approximate surface area is 94.0 Å². The van der Waals surface area contributed by atoms with Crippen molar-refractivity contribution < 1.29 is 0 Å². The number of aromatic nitrogens is 2. The first kappa shape index (κ1) is 9.28. The minimum Gasteiger partial charge on any atom is -0.261 e. The molecule has 0 N–H and O–H groups in total. The van der Waals surface area contributed by atoms with Crippen LogP contribution in [-0.2, 0) is 0 Å². The molecular formula is C14H12N2. The van der Waals surface area contributed by atoms with Gasteiger partial charge in [0.2, 0.25) is 0 Å². The van der Waals surface area contributed by atoms with E-state index in [1.54, 1.807) is 0 Å². The molecule has 2 heterocycles. The van der Waals surface area contributed by atoms with Crippen LogP contribution in [0.4, 0.5) is 0 Å². The highest BCUT2D eigenvalue weighted by molar-refractivity contribution is 6.07. The van der Waals surface area contributed by atoms with Gasteiger partial charge in [-0.05, 0) is 37.4 Å². The fourth-order valence-electron chi connectivity index (χ4n) is 2.16. The van der Waals surface area contributed by atoms with E-state index in [1.165, 1.54) is 16.2 Å². The number of rotatable bonds is 0. The fourth-order valence-corrected chi connectivity index (χ4v) is 2.16. The molecule has 3 aromatic rings. The van der Waals surface area contributed by atoms with Gasteiger partial charge < -0.3 is 0 Å². The van der Waals surface area contributed by atoms with Gasteiger partial charge >= 0.3 is 0 Å². The number of fused-ring (bicyclic) bond motifs is 3. The Morgan fingerprint density at radius 3 is 2.69 bits per heavy atom. The van der Waals surface area contributed by atoms with Crippen molar-refractivity contribution in [3.63, 3.8) is 0 Å². The molecule has 0 aliphatic heterocycles. The normalized spacial score (nSPS) is 11.1. The van der Waals surface area contributed by atoms with Crippen molar-refractivity contribution in [3.8, 4) is 0 Å². The number of hydrogen-bond donors (Lipinski definition) is 0. The second-order valence-electron chi connectivity index (χ2n) is 4.08. The molecule has 0 spiro atoms. The van der Waals surface area contributed by atoms with Gasteiger partial charge in [-0.15, -0.1) is 0 Å². The highest BCUT2D eigenvalue weighted by Crippen LogP contribution is 2.25. The van der Waals surface area contributed by atoms with E-state index in [-0.39, 0.29) is 0 Å². The van der Waals surface area contributed by atoms with Crippen molar-refractivity contribution in [2.24, 2.45) is 0 Å². The van der Waals surface area contributed by atoms with Crippen LogP contribution in [0, 0.1) is 13.8 Å². The SMILES string of the molecule is Cc1ccc2c(ccc3ccnc(C)c32)n1. The number of aryl methyl sites for hydroxylation is 2. The third kappa shape index (κ3) is 1.27. The first-order chi connectivity index (χ1) is 7.75. The lowest BCUT2D eigenvalue weighted by Gasteiger charge is -2.05. The Balaban J connectivity index is 2.58. The highest BCUT2D eigenvalue weighted by atomic mass is 14.7. The van der Waals surface area contributed by atoms with E-state index in [0.29, 0.717) is 0 Å². The lowest BCUT2D eigenvalue weighted by Crippen LogP contribution is -1.88. The van der Waals surface area contributed by atoms with Gasteiger partial charge in [-0.25, -0.2) is 0 Å². The Kier molecular flexibility index (Phi) is 1.90. The monoisotopic (exact) mass is 208 g/mol. The van der Waals surface area contributed by atoms with E-state index >= 15 is 0 Å². The molecule has 3 rings (SSSR count). The summed E-state index contributed by atoms with van der Waals surface area (Å²) < 4.78 is 0. The van der Waals surface area contributed by atoms with Crippen LogP contribution < -0.4 is 0 Å². The van der Waals surface area contributed by atoms with Crippen LogP contribution in [0.5, 0.6) is 0 Å². The summed E-state index contributed by atoms with van der Waals surface area (Å²) in [5, 5.41) is 3.63. The van der Waals surface area contributed by atoms with Gasteiger partial charge in [0.25, 0.3) is 0 Å². The van der Waals surface area contributed by atoms with Crippen molar-refractivity contribution in [3.05, 3.63) is 47.9 Å². The van der Waals surface area contributed by atoms with Crippen LogP contribution in [-0.4, -0.2) is 9.97 Å². The maximum absolute atomic E-state index is 4.54. The van der Waals surface area contributed by atoms with Crippen molar-refractivity contribution >= 4 is 21.7 Å². The van der Waals surface area contributed by atoms with Gasteiger partial charge in [-0.2, -0.15) is 0 Å². The van der Waals surface area contributed by atoms with Gasteiger partial charge in [-0.3, -0.25) is 9.97 Å². The smallest absolute Gasteiger partial charge is 0.0712 e. The second kappa shape index (κ2) is 3.27. The molecule has 0 radical (unpaired) electrons. The van der Waals surface area contributed by atoms with Crippen LogP contribution in [0.1, 0.15) is 11.4 Å². The maximum atomic E-state index is 4.54. The second-order valence-corrected chi connectivity index (χ2v) is 4.08. The van der Waals surface area contributed by atoms with E-state index in [0.717, 1.165) is 16.9 Å². The predicted molar refractivity (Wildman–Crippen MR) is 66.5 cm³/mol. The summed E-state index contributed by atoms with van der Waals surface area (Å²) in [6.07, 6.45) is 1.85. The number of pyridine rings is 2. The molecule has 0 atom stereocenters. The molecule has 2 heteroatoms. The van der Waals surface area contributed by atoms with E-state index in [4.69, 9.17) is 0 Å². The molecule has 16 heavy (non-hydrogen) atoms. The Morgan fingerprint density at radius 1 is 0.938 bits per heavy atom. The molecule has 78 valence electrons. The van der Waals surface area contributed by atoms with Gasteiger partial charge in [0.15, 0.2) is 0 Å². The van der Waals surface area contributed by atoms with Crippen molar-refractivity contribution in [2.45, 2.75) is 13.8 Å². The molecule has 2 aromatic heterocycles. The molecule has 0 amide bonds. The van der Waals surface area contributed by atoms with Crippen molar-refractivity contribution in [2.75, 3.05) is 0 Å². The van der Waals surface area contributed by atoms with Gasteiger partial charge in [0.1, 0.15) is 0 Å². The third-order valence-corrected chi connectivity index (χ3v) is 2.93. The molecule has 1 aromatic carbocycles. The lowest BCUT2D eigenvalue weighted by atomic mass is 10.0. The summed E-state index contributed by atoms with van der Waals surface area (Å²) in [6, 6.07) is 10.4. The molecule has 0 saturated heterocycles. The van der Waals surface area contributed by atoms with Gasteiger partial charge in [-0.1, -0.05) is 12.1 Å². The third-order valence-electron chi connectivity index (χ3n) is 2.93. The van der Waals surface area contributed by atoms with Crippen molar-refractivity contribution in [1.82, 2.24) is 9.97 Å². The van der Waals surface area contributed by atoms with Gasteiger partial charge in [0.05, 0.1) is 5.52 Å². The largest absolute Gasteiger partial charge is 0.261 e. The summed E-state index contributed by atoms with van der Waals surface area (Å²) in [5.41, 5.74) is 3.16. The van der Waals surface area contributed by atoms with E-state index in [1.807, 2.05) is 32.2 Å². The standard InChI is InChI=1S/C14H12N2/c1-9-3-5-12-13(16-9)6-4-11-7-8-15-10(2)14(11)12/h3-8H,1-2H3. The molecule has 0 aliphatic carbocycles. The first-order valence-corrected chi connectivity index (χ1v) is 5.37. The average Bonchev–Trinajstić information content (AvgIpc) is 2.29. The average molecular weight is 208 g/mol. The zero-order valence-corrected chi connectivity index (χ0v) is 9.36. The lowest BCUT2D eigenvalue weighted by molar-refractivity contribution is 1.23. The maximum Gasteiger partial charge on any atom is 0.0712 e. The number of nitrogens with zero attached hydrogens (tertiary/aromatic N) is 2. The van der Waals surface area contributed by atoms with Crippen LogP contribution in [0.15, 0.2) is 36.5 Å². The summed E-state index contributed by atoms with van der Waals surface area (Å²) in [6.45, 7) is 4.06. The minimum absolute atomic E-state index is 1.05. The summed E-state index contributed by atoms with van der Waals surface area (Å²) in [7, 11) is 0. The molecule has 0 saturated carbocycles. The number of benzene rings is 1. The van der Waals surface area contributed by atoms with Crippen molar-refractivity contribution in [1.29, 1.82) is 0 Å². The zero-order chi connectivity index (χ0) is 11.1. The minimum atomic E-state index is 1.05. The summed E-state index contributed by atoms with van der Waals surface area (Å²) in [4.78, 5) is 8.89. The number of hydrogen-bond acceptors (Lipinski definition) is 2. The highest BCUT2D eigenvalue weighted by Gasteiger charge is 2.04. The predicted octanol–water partition coefficient (Wildman–Crippen LogP) is 3.40. The van der Waals surface area contributed by atoms with Crippen LogP contribution >= 0.6 is 0 Å². The topological polar surface area (TPSA) is 25.8 Å². The first-order valence-electron chi connectivity index (χ1n) is 5.37. The van der Waals surface area contributed by atoms with Crippen LogP contribution in [0.25, 0.3) is 21.7 Å². The molecular weight excluding hydrogens is 196 g/mol. The van der Waals surface area contributed by atoms with Crippen LogP contribution in [0.2, 0.25) is 0 Å². The van der Waals surface area contributed by atoms with E-state index in [2.05, 4.69) is 28.2 Å². The summed E-state index contributed by atoms with van der Waals surface area (Å²) in [5.74, 6) is 0. The molecule has 0 aliphatic rings. The fraction of sp³-hybridized carbons (Fsp3) is 0.143. The van der Waals surface area contributed by atoms with Gasteiger partial charge in [0, 0.05) is 28.4 Å². The molecule has 0 bridgehead atoms. The zero-order valence-electron chi connectivity index (χ0n) is 9.36. The molecule has 0 fully saturated rings. The Morgan fingerprint density at radius 2 is 1.81 bits per heavy atom. The quantitative estimate of drug-likeness (QED) is 0.529. The molecule has 2 nitrogen and oxygen atoms in total. The van der Waals surface area contributed by atoms with E-state index in [9.17, 15) is 0 Å².